The quantitative estimate of drug-likeness (QED) is 0.309. The molecular formula is C23H22N6O3S. The van der Waals surface area contributed by atoms with E-state index in [4.69, 9.17) is 0 Å². The molecule has 0 aliphatic carbocycles. The fourth-order valence-electron chi connectivity index (χ4n) is 4.03. The standard InChI is InChI=1S/C23H22N6O3S/c30-19(26-17-9-3-4-11-24-21(17)31)13-33-23-27-20-16(12-25-28-20)22(32)29(23)18-10-5-7-14-6-1-2-8-15(14)18/h1-2,5-8,10,12,17H,3-4,9,11,13H2,(H,24,31)(H,25,28)(H,26,30)/t17-/m0/s1. The second-order valence-corrected chi connectivity index (χ2v) is 8.80. The number of nitrogens with one attached hydrogen (secondary N) is 3. The SMILES string of the molecule is O=C(CSc1nc2[nH]ncc2c(=O)n1-c1cccc2ccccc12)N[C@H]1CCCCNC1=O. The van der Waals surface area contributed by atoms with Crippen LogP contribution in [0.5, 0.6) is 0 Å². The van der Waals surface area contributed by atoms with Crippen LogP contribution in [0.15, 0.2) is 58.6 Å². The third-order valence-corrected chi connectivity index (χ3v) is 6.60. The Balaban J connectivity index is 1.48. The first kappa shape index (κ1) is 21.2. The number of rotatable bonds is 5. The lowest BCUT2D eigenvalue weighted by Gasteiger charge is -2.16. The van der Waals surface area contributed by atoms with E-state index in [2.05, 4.69) is 25.8 Å². The molecule has 0 unspecified atom stereocenters. The molecule has 2 amide bonds. The Labute approximate surface area is 193 Å². The van der Waals surface area contributed by atoms with Gasteiger partial charge in [0, 0.05) is 11.9 Å². The number of aromatic nitrogens is 4. The number of aromatic amines is 1. The molecule has 0 spiro atoms. The number of benzene rings is 2. The largest absolute Gasteiger partial charge is 0.354 e. The third kappa shape index (κ3) is 4.21. The van der Waals surface area contributed by atoms with Gasteiger partial charge in [-0.1, -0.05) is 48.2 Å². The van der Waals surface area contributed by atoms with Crippen LogP contribution in [0.2, 0.25) is 0 Å². The normalized spacial score (nSPS) is 16.5. The van der Waals surface area contributed by atoms with Crippen molar-refractivity contribution in [2.75, 3.05) is 12.3 Å². The van der Waals surface area contributed by atoms with E-state index in [1.807, 2.05) is 42.5 Å². The van der Waals surface area contributed by atoms with E-state index in [1.54, 1.807) is 0 Å². The zero-order valence-electron chi connectivity index (χ0n) is 17.7. The maximum absolute atomic E-state index is 13.4. The molecule has 3 heterocycles. The van der Waals surface area contributed by atoms with E-state index in [0.717, 1.165) is 35.4 Å². The molecule has 1 aliphatic heterocycles. The lowest BCUT2D eigenvalue weighted by atomic mass is 10.1. The van der Waals surface area contributed by atoms with Crippen molar-refractivity contribution in [3.8, 4) is 5.69 Å². The first-order chi connectivity index (χ1) is 16.1. The summed E-state index contributed by atoms with van der Waals surface area (Å²) in [5, 5.41) is 14.9. The number of thioether (sulfide) groups is 1. The van der Waals surface area contributed by atoms with Crippen molar-refractivity contribution in [3.63, 3.8) is 0 Å². The molecule has 33 heavy (non-hydrogen) atoms. The van der Waals surface area contributed by atoms with Gasteiger partial charge in [0.1, 0.15) is 11.4 Å². The van der Waals surface area contributed by atoms with Crippen LogP contribution in [0.1, 0.15) is 19.3 Å². The number of hydrogen-bond acceptors (Lipinski definition) is 6. The van der Waals surface area contributed by atoms with Crippen LogP contribution < -0.4 is 16.2 Å². The van der Waals surface area contributed by atoms with Crippen molar-refractivity contribution in [2.24, 2.45) is 0 Å². The average molecular weight is 463 g/mol. The van der Waals surface area contributed by atoms with Gasteiger partial charge in [-0.2, -0.15) is 5.10 Å². The van der Waals surface area contributed by atoms with Gasteiger partial charge in [0.05, 0.1) is 17.6 Å². The number of amides is 2. The predicted octanol–water partition coefficient (Wildman–Crippen LogP) is 2.14. The Kier molecular flexibility index (Phi) is 5.82. The molecule has 1 fully saturated rings. The molecule has 2 aromatic heterocycles. The lowest BCUT2D eigenvalue weighted by Crippen LogP contribution is -2.46. The van der Waals surface area contributed by atoms with Crippen LogP contribution >= 0.6 is 11.8 Å². The van der Waals surface area contributed by atoms with Crippen molar-refractivity contribution in [3.05, 3.63) is 59.0 Å². The summed E-state index contributed by atoms with van der Waals surface area (Å²) in [5.74, 6) is -0.429. The summed E-state index contributed by atoms with van der Waals surface area (Å²) in [5.41, 5.74) is 0.776. The maximum Gasteiger partial charge on any atom is 0.269 e. The second-order valence-electron chi connectivity index (χ2n) is 7.86. The molecule has 168 valence electrons. The summed E-state index contributed by atoms with van der Waals surface area (Å²) in [6.07, 6.45) is 3.84. The Bertz CT molecular complexity index is 1410. The highest BCUT2D eigenvalue weighted by Crippen LogP contribution is 2.26. The van der Waals surface area contributed by atoms with Crippen molar-refractivity contribution in [2.45, 2.75) is 30.5 Å². The number of nitrogens with zero attached hydrogens (tertiary/aromatic N) is 3. The molecule has 5 rings (SSSR count). The minimum atomic E-state index is -0.538. The molecule has 4 aromatic rings. The molecule has 0 saturated carbocycles. The van der Waals surface area contributed by atoms with Gasteiger partial charge < -0.3 is 10.6 Å². The average Bonchev–Trinajstić information content (AvgIpc) is 3.21. The van der Waals surface area contributed by atoms with E-state index in [0.29, 0.717) is 34.8 Å². The van der Waals surface area contributed by atoms with E-state index in [1.165, 1.54) is 10.8 Å². The highest BCUT2D eigenvalue weighted by molar-refractivity contribution is 7.99. The minimum Gasteiger partial charge on any atom is -0.354 e. The van der Waals surface area contributed by atoms with E-state index in [9.17, 15) is 14.4 Å². The smallest absolute Gasteiger partial charge is 0.269 e. The van der Waals surface area contributed by atoms with Gasteiger partial charge >= 0.3 is 0 Å². The van der Waals surface area contributed by atoms with Crippen molar-refractivity contribution >= 4 is 45.4 Å². The van der Waals surface area contributed by atoms with Crippen LogP contribution in [0, 0.1) is 0 Å². The Morgan fingerprint density at radius 3 is 2.88 bits per heavy atom. The van der Waals surface area contributed by atoms with Gasteiger partial charge in [-0.3, -0.25) is 24.0 Å². The second kappa shape index (κ2) is 9.07. The van der Waals surface area contributed by atoms with Crippen LogP contribution in [-0.2, 0) is 9.59 Å². The van der Waals surface area contributed by atoms with Gasteiger partial charge in [0.25, 0.3) is 5.56 Å². The fourth-order valence-corrected chi connectivity index (χ4v) is 4.84. The first-order valence-electron chi connectivity index (χ1n) is 10.8. The summed E-state index contributed by atoms with van der Waals surface area (Å²) in [7, 11) is 0. The Morgan fingerprint density at radius 2 is 1.97 bits per heavy atom. The van der Waals surface area contributed by atoms with Crippen LogP contribution in [0.4, 0.5) is 0 Å². The monoisotopic (exact) mass is 462 g/mol. The van der Waals surface area contributed by atoms with Crippen LogP contribution in [-0.4, -0.2) is 49.9 Å². The topological polar surface area (TPSA) is 122 Å². The highest BCUT2D eigenvalue weighted by Gasteiger charge is 2.23. The lowest BCUT2D eigenvalue weighted by molar-refractivity contribution is -0.127. The summed E-state index contributed by atoms with van der Waals surface area (Å²) < 4.78 is 1.52. The molecule has 1 atom stereocenters. The number of carbonyl (C=O) groups is 2. The zero-order valence-corrected chi connectivity index (χ0v) is 18.5. The number of hydrogen-bond donors (Lipinski definition) is 3. The minimum absolute atomic E-state index is 0.0145. The summed E-state index contributed by atoms with van der Waals surface area (Å²) in [6, 6.07) is 13.0. The summed E-state index contributed by atoms with van der Waals surface area (Å²) in [4.78, 5) is 42.8. The van der Waals surface area contributed by atoms with E-state index >= 15 is 0 Å². The van der Waals surface area contributed by atoms with Crippen molar-refractivity contribution < 1.29 is 9.59 Å². The number of carbonyl (C=O) groups excluding carboxylic acids is 2. The number of fused-ring (bicyclic) bond motifs is 2. The summed E-state index contributed by atoms with van der Waals surface area (Å²) >= 11 is 1.15. The van der Waals surface area contributed by atoms with Gasteiger partial charge in [0.2, 0.25) is 11.8 Å². The first-order valence-corrected chi connectivity index (χ1v) is 11.7. The Morgan fingerprint density at radius 1 is 1.12 bits per heavy atom. The molecule has 1 aliphatic rings. The molecule has 0 radical (unpaired) electrons. The van der Waals surface area contributed by atoms with Crippen LogP contribution in [0.25, 0.3) is 27.5 Å². The molecule has 1 saturated heterocycles. The summed E-state index contributed by atoms with van der Waals surface area (Å²) in [6.45, 7) is 0.630. The molecule has 0 bridgehead atoms. The third-order valence-electron chi connectivity index (χ3n) is 5.66. The van der Waals surface area contributed by atoms with E-state index in [-0.39, 0.29) is 23.1 Å². The van der Waals surface area contributed by atoms with Gasteiger partial charge in [-0.15, -0.1) is 0 Å². The maximum atomic E-state index is 13.4. The molecule has 2 aromatic carbocycles. The van der Waals surface area contributed by atoms with Gasteiger partial charge in [0.15, 0.2) is 10.8 Å². The Hall–Kier alpha value is -3.66. The van der Waals surface area contributed by atoms with Crippen molar-refractivity contribution in [1.29, 1.82) is 0 Å². The van der Waals surface area contributed by atoms with Gasteiger partial charge in [-0.25, -0.2) is 4.98 Å². The molecule has 3 N–H and O–H groups in total. The zero-order chi connectivity index (χ0) is 22.8. The number of H-pyrrole nitrogens is 1. The predicted molar refractivity (Wildman–Crippen MR) is 127 cm³/mol. The fraction of sp³-hybridized carbons (Fsp3) is 0.261. The molecule has 9 nitrogen and oxygen atoms in total. The van der Waals surface area contributed by atoms with E-state index < -0.39 is 6.04 Å². The van der Waals surface area contributed by atoms with Gasteiger partial charge in [-0.05, 0) is 30.7 Å². The van der Waals surface area contributed by atoms with Crippen LogP contribution in [0.3, 0.4) is 0 Å². The molecule has 10 heteroatoms. The van der Waals surface area contributed by atoms with Crippen molar-refractivity contribution in [1.82, 2.24) is 30.4 Å². The molecular weight excluding hydrogens is 440 g/mol. The highest BCUT2D eigenvalue weighted by atomic mass is 32.2.